The Morgan fingerprint density at radius 1 is 1.04 bits per heavy atom. The molecule has 2 aliphatic carbocycles. The van der Waals surface area contributed by atoms with E-state index >= 15 is 0 Å². The number of halogens is 1. The maximum atomic E-state index is 13.7. The summed E-state index contributed by atoms with van der Waals surface area (Å²) in [5.41, 5.74) is 2.15. The molecule has 1 aliphatic heterocycles. The second kappa shape index (κ2) is 5.50. The van der Waals surface area contributed by atoms with Crippen molar-refractivity contribution in [3.05, 3.63) is 41.8 Å². The van der Waals surface area contributed by atoms with Gasteiger partial charge in [0.2, 0.25) is 0 Å². The zero-order chi connectivity index (χ0) is 16.1. The number of ether oxygens (including phenoxy) is 2. The molecular formula is C20H22FNO2. The molecule has 0 radical (unpaired) electrons. The van der Waals surface area contributed by atoms with Crippen molar-refractivity contribution in [2.45, 2.75) is 43.8 Å². The topological polar surface area (TPSA) is 31.4 Å². The first kappa shape index (κ1) is 14.8. The van der Waals surface area contributed by atoms with E-state index in [0.717, 1.165) is 56.2 Å². The molecule has 1 saturated heterocycles. The molecule has 1 unspecified atom stereocenters. The van der Waals surface area contributed by atoms with Crippen LogP contribution in [0.1, 0.15) is 43.6 Å². The molecule has 1 aromatic carbocycles. The number of rotatable bonds is 1. The van der Waals surface area contributed by atoms with Gasteiger partial charge in [0.15, 0.2) is 5.79 Å². The number of benzene rings is 1. The molecule has 3 fully saturated rings. The molecule has 0 bridgehead atoms. The van der Waals surface area contributed by atoms with E-state index in [-0.39, 0.29) is 11.6 Å². The molecule has 4 heteroatoms. The predicted molar refractivity (Wildman–Crippen MR) is 89.1 cm³/mol. The van der Waals surface area contributed by atoms with Crippen LogP contribution in [0.4, 0.5) is 4.39 Å². The van der Waals surface area contributed by atoms with Gasteiger partial charge in [0.1, 0.15) is 5.82 Å². The van der Waals surface area contributed by atoms with Gasteiger partial charge in [0.25, 0.3) is 0 Å². The van der Waals surface area contributed by atoms with Crippen molar-refractivity contribution in [2.24, 2.45) is 11.8 Å². The summed E-state index contributed by atoms with van der Waals surface area (Å²) in [6.45, 7) is 1.66. The molecule has 3 aliphatic rings. The Morgan fingerprint density at radius 3 is 2.54 bits per heavy atom. The van der Waals surface area contributed by atoms with Gasteiger partial charge in [-0.15, -0.1) is 0 Å². The molecule has 2 aromatic rings. The van der Waals surface area contributed by atoms with E-state index in [9.17, 15) is 4.39 Å². The van der Waals surface area contributed by atoms with Gasteiger partial charge >= 0.3 is 0 Å². The van der Waals surface area contributed by atoms with Crippen molar-refractivity contribution < 1.29 is 13.9 Å². The van der Waals surface area contributed by atoms with Crippen LogP contribution >= 0.6 is 0 Å². The number of nitrogens with zero attached hydrogens (tertiary/aromatic N) is 1. The third-order valence-electron chi connectivity index (χ3n) is 6.18. The Labute approximate surface area is 141 Å². The lowest BCUT2D eigenvalue weighted by Crippen LogP contribution is -2.38. The minimum atomic E-state index is -0.301. The number of pyridine rings is 1. The molecule has 1 spiro atoms. The summed E-state index contributed by atoms with van der Waals surface area (Å²) in [6, 6.07) is 6.99. The van der Waals surface area contributed by atoms with Gasteiger partial charge in [-0.3, -0.25) is 4.98 Å². The van der Waals surface area contributed by atoms with Crippen LogP contribution in [0, 0.1) is 17.7 Å². The molecule has 3 atom stereocenters. The minimum Gasteiger partial charge on any atom is -0.350 e. The summed E-state index contributed by atoms with van der Waals surface area (Å²) in [6.07, 6.45) is 7.20. The van der Waals surface area contributed by atoms with E-state index < -0.39 is 0 Å². The van der Waals surface area contributed by atoms with Crippen LogP contribution in [0.3, 0.4) is 0 Å². The van der Waals surface area contributed by atoms with Crippen LogP contribution < -0.4 is 0 Å². The van der Waals surface area contributed by atoms with Crippen molar-refractivity contribution in [2.75, 3.05) is 13.2 Å². The minimum absolute atomic E-state index is 0.183. The fraction of sp³-hybridized carbons (Fsp3) is 0.550. The zero-order valence-corrected chi connectivity index (χ0v) is 13.7. The van der Waals surface area contributed by atoms with Crippen LogP contribution in [0.15, 0.2) is 30.5 Å². The number of aromatic nitrogens is 1. The molecule has 1 aromatic heterocycles. The van der Waals surface area contributed by atoms with Crippen LogP contribution in [0.5, 0.6) is 0 Å². The van der Waals surface area contributed by atoms with Crippen LogP contribution in [-0.2, 0) is 9.47 Å². The normalized spacial score (nSPS) is 31.6. The molecule has 24 heavy (non-hydrogen) atoms. The first-order valence-electron chi connectivity index (χ1n) is 9.05. The summed E-state index contributed by atoms with van der Waals surface area (Å²) in [7, 11) is 0. The molecule has 3 nitrogen and oxygen atoms in total. The second-order valence-electron chi connectivity index (χ2n) is 7.62. The molecule has 5 rings (SSSR count). The summed E-state index contributed by atoms with van der Waals surface area (Å²) < 4.78 is 25.7. The first-order chi connectivity index (χ1) is 11.7. The fourth-order valence-electron chi connectivity index (χ4n) is 5.20. The lowest BCUT2D eigenvalue weighted by Gasteiger charge is -2.35. The average Bonchev–Trinajstić information content (AvgIpc) is 3.10. The quantitative estimate of drug-likeness (QED) is 0.777. The number of hydrogen-bond donors (Lipinski definition) is 0. The lowest BCUT2D eigenvalue weighted by molar-refractivity contribution is -0.265. The van der Waals surface area contributed by atoms with Gasteiger partial charge in [-0.2, -0.15) is 0 Å². The molecular weight excluding hydrogens is 305 g/mol. The van der Waals surface area contributed by atoms with Gasteiger partial charge in [-0.1, -0.05) is 0 Å². The Bertz CT molecular complexity index is 755. The maximum Gasteiger partial charge on any atom is 0.168 e. The number of hydrogen-bond acceptors (Lipinski definition) is 3. The standard InChI is InChI=1S/C20H22FNO2/c21-16-2-3-19-18(10-16)17(4-5-22-19)13-8-14-11-20(12-15(14)9-13)23-6-1-7-24-20/h2-5,10,13-15H,1,6-9,11-12H2/t13?,14-,15+. The molecule has 126 valence electrons. The highest BCUT2D eigenvalue weighted by Gasteiger charge is 2.52. The summed E-state index contributed by atoms with van der Waals surface area (Å²) in [5, 5.41) is 0.974. The molecule has 0 N–H and O–H groups in total. The van der Waals surface area contributed by atoms with Crippen LogP contribution in [-0.4, -0.2) is 24.0 Å². The first-order valence-corrected chi connectivity index (χ1v) is 9.05. The largest absolute Gasteiger partial charge is 0.350 e. The maximum absolute atomic E-state index is 13.7. The van der Waals surface area contributed by atoms with Crippen molar-refractivity contribution in [3.63, 3.8) is 0 Å². The monoisotopic (exact) mass is 327 g/mol. The van der Waals surface area contributed by atoms with E-state index in [4.69, 9.17) is 9.47 Å². The van der Waals surface area contributed by atoms with Crippen molar-refractivity contribution in [1.82, 2.24) is 4.98 Å². The van der Waals surface area contributed by atoms with Crippen molar-refractivity contribution in [1.29, 1.82) is 0 Å². The predicted octanol–water partition coefficient (Wildman–Crippen LogP) is 4.41. The van der Waals surface area contributed by atoms with E-state index in [1.165, 1.54) is 11.6 Å². The highest BCUT2D eigenvalue weighted by molar-refractivity contribution is 5.82. The molecule has 0 amide bonds. The molecule has 2 saturated carbocycles. The van der Waals surface area contributed by atoms with Crippen LogP contribution in [0.25, 0.3) is 10.9 Å². The van der Waals surface area contributed by atoms with E-state index in [1.807, 2.05) is 6.20 Å². The van der Waals surface area contributed by atoms with Gasteiger partial charge in [0.05, 0.1) is 18.7 Å². The highest BCUT2D eigenvalue weighted by atomic mass is 19.1. The van der Waals surface area contributed by atoms with Crippen molar-refractivity contribution in [3.8, 4) is 0 Å². The zero-order valence-electron chi connectivity index (χ0n) is 13.7. The summed E-state index contributed by atoms with van der Waals surface area (Å²) in [4.78, 5) is 4.39. The number of fused-ring (bicyclic) bond motifs is 2. The Hall–Kier alpha value is -1.52. The SMILES string of the molecule is Fc1ccc2nccc(C3C[C@@H]4CC5(C[C@@H]4C3)OCCCO5)c2c1. The fourth-order valence-corrected chi connectivity index (χ4v) is 5.20. The third kappa shape index (κ3) is 2.35. The average molecular weight is 327 g/mol. The van der Waals surface area contributed by atoms with E-state index in [2.05, 4.69) is 11.1 Å². The van der Waals surface area contributed by atoms with Gasteiger partial charge in [0, 0.05) is 24.4 Å². The molecule has 2 heterocycles. The van der Waals surface area contributed by atoms with Gasteiger partial charge in [-0.05, 0) is 66.8 Å². The van der Waals surface area contributed by atoms with Gasteiger partial charge < -0.3 is 9.47 Å². The Kier molecular flexibility index (Phi) is 3.39. The van der Waals surface area contributed by atoms with E-state index in [0.29, 0.717) is 17.8 Å². The second-order valence-corrected chi connectivity index (χ2v) is 7.62. The third-order valence-corrected chi connectivity index (χ3v) is 6.18. The van der Waals surface area contributed by atoms with Crippen molar-refractivity contribution >= 4 is 10.9 Å². The summed E-state index contributed by atoms with van der Waals surface area (Å²) >= 11 is 0. The Morgan fingerprint density at radius 2 is 1.79 bits per heavy atom. The van der Waals surface area contributed by atoms with E-state index in [1.54, 1.807) is 12.1 Å². The van der Waals surface area contributed by atoms with Gasteiger partial charge in [-0.25, -0.2) is 4.39 Å². The highest BCUT2D eigenvalue weighted by Crippen LogP contribution is 2.56. The Balaban J connectivity index is 1.41. The lowest BCUT2D eigenvalue weighted by atomic mass is 9.91. The smallest absolute Gasteiger partial charge is 0.168 e. The summed E-state index contributed by atoms with van der Waals surface area (Å²) in [5.74, 6) is 1.33. The van der Waals surface area contributed by atoms with Crippen LogP contribution in [0.2, 0.25) is 0 Å².